The number of hydrogen-bond donors (Lipinski definition) is 0. The Morgan fingerprint density at radius 1 is 1.17 bits per heavy atom. The third kappa shape index (κ3) is 4.13. The molecule has 9 heteroatoms. The number of ketones is 1. The summed E-state index contributed by atoms with van der Waals surface area (Å²) in [6, 6.07) is 9.80. The summed E-state index contributed by atoms with van der Waals surface area (Å²) in [5.74, 6) is 0.348. The average molecular weight is 506 g/mol. The lowest BCUT2D eigenvalue weighted by molar-refractivity contribution is -0.126. The largest absolute Gasteiger partial charge is 0.482 e. The number of nitrogens with zero attached hydrogens (tertiary/aromatic N) is 3. The molecule has 0 aliphatic carbocycles. The van der Waals surface area contributed by atoms with Gasteiger partial charge in [-0.2, -0.15) is 0 Å². The van der Waals surface area contributed by atoms with Crippen molar-refractivity contribution in [2.45, 2.75) is 45.8 Å². The standard InChI is InChI=1S/C27H27N3O5S/c1-5-6-24-28-19(14-36-24)17-7-10-23-21(11-17)30(27(33)16(3)35-23)15(2)26(32)18-8-9-22-20(12-18)29(4)25(31)13-34-22/h7-12,14-16H,5-6,13H2,1-4H3. The van der Waals surface area contributed by atoms with Crippen molar-refractivity contribution in [2.24, 2.45) is 0 Å². The molecular weight excluding hydrogens is 478 g/mol. The van der Waals surface area contributed by atoms with E-state index in [1.165, 1.54) is 9.80 Å². The Kier molecular flexibility index (Phi) is 6.26. The number of aromatic nitrogens is 1. The molecule has 0 radical (unpaired) electrons. The molecule has 2 unspecified atom stereocenters. The molecule has 2 amide bonds. The summed E-state index contributed by atoms with van der Waals surface area (Å²) in [4.78, 5) is 46.7. The van der Waals surface area contributed by atoms with E-state index < -0.39 is 12.1 Å². The van der Waals surface area contributed by atoms with Crippen LogP contribution in [0.3, 0.4) is 0 Å². The van der Waals surface area contributed by atoms with Gasteiger partial charge < -0.3 is 14.4 Å². The number of ether oxygens (including phenoxy) is 2. The Labute approximate surface area is 213 Å². The van der Waals surface area contributed by atoms with Crippen LogP contribution in [-0.2, 0) is 16.0 Å². The Morgan fingerprint density at radius 2 is 1.94 bits per heavy atom. The van der Waals surface area contributed by atoms with Crippen molar-refractivity contribution in [3.05, 3.63) is 52.3 Å². The van der Waals surface area contributed by atoms with Crippen molar-refractivity contribution in [2.75, 3.05) is 23.5 Å². The van der Waals surface area contributed by atoms with Gasteiger partial charge in [0.05, 0.1) is 28.1 Å². The highest BCUT2D eigenvalue weighted by Gasteiger charge is 2.38. The maximum absolute atomic E-state index is 13.6. The number of fused-ring (bicyclic) bond motifs is 2. The molecule has 0 N–H and O–H groups in total. The number of hydrogen-bond acceptors (Lipinski definition) is 7. The summed E-state index contributed by atoms with van der Waals surface area (Å²) >= 11 is 1.61. The van der Waals surface area contributed by atoms with Crippen LogP contribution in [0, 0.1) is 0 Å². The highest BCUT2D eigenvalue weighted by atomic mass is 32.1. The number of likely N-dealkylation sites (N-methyl/N-ethyl adjacent to an activating group) is 1. The van der Waals surface area contributed by atoms with Gasteiger partial charge in [0.2, 0.25) is 0 Å². The van der Waals surface area contributed by atoms with Gasteiger partial charge in [0.15, 0.2) is 18.5 Å². The van der Waals surface area contributed by atoms with E-state index >= 15 is 0 Å². The fourth-order valence-corrected chi connectivity index (χ4v) is 5.39. The van der Waals surface area contributed by atoms with Crippen LogP contribution < -0.4 is 19.3 Å². The summed E-state index contributed by atoms with van der Waals surface area (Å²) in [7, 11) is 1.65. The molecule has 0 fully saturated rings. The minimum atomic E-state index is -0.799. The van der Waals surface area contributed by atoms with Crippen LogP contribution in [0.2, 0.25) is 0 Å². The molecule has 8 nitrogen and oxygen atoms in total. The van der Waals surface area contributed by atoms with Gasteiger partial charge in [0.25, 0.3) is 11.8 Å². The highest BCUT2D eigenvalue weighted by Crippen LogP contribution is 2.40. The summed E-state index contributed by atoms with van der Waals surface area (Å²) in [5, 5.41) is 3.07. The second kappa shape index (κ2) is 9.39. The van der Waals surface area contributed by atoms with Crippen LogP contribution in [0.5, 0.6) is 11.5 Å². The van der Waals surface area contributed by atoms with E-state index in [4.69, 9.17) is 14.5 Å². The topological polar surface area (TPSA) is 89.0 Å². The number of benzene rings is 2. The van der Waals surface area contributed by atoms with Gasteiger partial charge in [-0.15, -0.1) is 11.3 Å². The number of carbonyl (C=O) groups is 3. The fraction of sp³-hybridized carbons (Fsp3) is 0.333. The Morgan fingerprint density at radius 3 is 2.72 bits per heavy atom. The molecule has 0 saturated carbocycles. The predicted molar refractivity (Wildman–Crippen MR) is 138 cm³/mol. The molecule has 0 spiro atoms. The van der Waals surface area contributed by atoms with Gasteiger partial charge in [0.1, 0.15) is 11.5 Å². The quantitative estimate of drug-likeness (QED) is 0.458. The van der Waals surface area contributed by atoms with Crippen LogP contribution in [-0.4, -0.2) is 48.4 Å². The minimum Gasteiger partial charge on any atom is -0.482 e. The van der Waals surface area contributed by atoms with Gasteiger partial charge >= 0.3 is 0 Å². The Hall–Kier alpha value is -3.72. The van der Waals surface area contributed by atoms with Crippen molar-refractivity contribution in [3.63, 3.8) is 0 Å². The summed E-state index contributed by atoms with van der Waals surface area (Å²) in [6.07, 6.45) is 1.21. The van der Waals surface area contributed by atoms with Gasteiger partial charge in [-0.25, -0.2) is 4.98 Å². The molecule has 36 heavy (non-hydrogen) atoms. The first-order valence-corrected chi connectivity index (χ1v) is 12.8. The Balaban J connectivity index is 1.50. The number of thiazole rings is 1. The van der Waals surface area contributed by atoms with E-state index in [9.17, 15) is 14.4 Å². The van der Waals surface area contributed by atoms with Gasteiger partial charge in [-0.1, -0.05) is 6.92 Å². The summed E-state index contributed by atoms with van der Waals surface area (Å²) in [6.45, 7) is 5.47. The minimum absolute atomic E-state index is 0.0363. The van der Waals surface area contributed by atoms with Crippen molar-refractivity contribution in [1.82, 2.24) is 4.98 Å². The fourth-order valence-electron chi connectivity index (χ4n) is 4.48. The van der Waals surface area contributed by atoms with Crippen LogP contribution in [0.1, 0.15) is 42.6 Å². The average Bonchev–Trinajstić information content (AvgIpc) is 3.35. The summed E-state index contributed by atoms with van der Waals surface area (Å²) in [5.41, 5.74) is 3.14. The molecule has 3 aromatic rings. The molecule has 5 rings (SSSR count). The molecule has 2 aliphatic rings. The lowest BCUT2D eigenvalue weighted by atomic mass is 9.99. The first-order chi connectivity index (χ1) is 17.3. The SMILES string of the molecule is CCCc1nc(-c2ccc3c(c2)N(C(C)C(=O)c2ccc4c(c2)N(C)C(=O)CO4)C(=O)C(C)O3)cs1. The molecule has 2 atom stereocenters. The van der Waals surface area contributed by atoms with E-state index in [0.717, 1.165) is 29.1 Å². The van der Waals surface area contributed by atoms with E-state index in [2.05, 4.69) is 6.92 Å². The third-order valence-electron chi connectivity index (χ3n) is 6.52. The van der Waals surface area contributed by atoms with E-state index in [0.29, 0.717) is 28.4 Å². The highest BCUT2D eigenvalue weighted by molar-refractivity contribution is 7.09. The first kappa shape index (κ1) is 24.0. The molecule has 2 aliphatic heterocycles. The summed E-state index contributed by atoms with van der Waals surface area (Å²) < 4.78 is 11.3. The molecule has 186 valence electrons. The molecule has 1 aromatic heterocycles. The number of amides is 2. The zero-order chi connectivity index (χ0) is 25.6. The number of Topliss-reactive ketones (excluding diaryl/α,β-unsaturated/α-hetero) is 1. The monoisotopic (exact) mass is 505 g/mol. The maximum atomic E-state index is 13.6. The van der Waals surface area contributed by atoms with Crippen molar-refractivity contribution in [3.8, 4) is 22.8 Å². The van der Waals surface area contributed by atoms with Crippen molar-refractivity contribution in [1.29, 1.82) is 0 Å². The van der Waals surface area contributed by atoms with Gasteiger partial charge in [-0.05, 0) is 63.1 Å². The number of aryl methyl sites for hydroxylation is 1. The predicted octanol–water partition coefficient (Wildman–Crippen LogP) is 4.50. The Bertz CT molecular complexity index is 1370. The van der Waals surface area contributed by atoms with Crippen molar-refractivity contribution < 1.29 is 23.9 Å². The zero-order valence-corrected chi connectivity index (χ0v) is 21.4. The maximum Gasteiger partial charge on any atom is 0.268 e. The molecule has 3 heterocycles. The number of rotatable bonds is 6. The second-order valence-electron chi connectivity index (χ2n) is 8.99. The van der Waals surface area contributed by atoms with Crippen LogP contribution in [0.15, 0.2) is 41.8 Å². The molecule has 0 saturated heterocycles. The van der Waals surface area contributed by atoms with Gasteiger partial charge in [0, 0.05) is 23.6 Å². The molecular formula is C27H27N3O5S. The lowest BCUT2D eigenvalue weighted by Crippen LogP contribution is -2.51. The van der Waals surface area contributed by atoms with Crippen LogP contribution in [0.25, 0.3) is 11.3 Å². The van der Waals surface area contributed by atoms with E-state index in [-0.39, 0.29) is 24.2 Å². The normalized spacial score (nSPS) is 17.7. The van der Waals surface area contributed by atoms with Crippen LogP contribution in [0.4, 0.5) is 11.4 Å². The van der Waals surface area contributed by atoms with Crippen LogP contribution >= 0.6 is 11.3 Å². The smallest absolute Gasteiger partial charge is 0.268 e. The molecule has 2 aromatic carbocycles. The van der Waals surface area contributed by atoms with Crippen molar-refractivity contribution >= 4 is 40.3 Å². The number of anilines is 2. The second-order valence-corrected chi connectivity index (χ2v) is 9.93. The lowest BCUT2D eigenvalue weighted by Gasteiger charge is -2.36. The molecule has 0 bridgehead atoms. The first-order valence-electron chi connectivity index (χ1n) is 11.9. The van der Waals surface area contributed by atoms with E-state index in [1.54, 1.807) is 50.4 Å². The zero-order valence-electron chi connectivity index (χ0n) is 20.6. The van der Waals surface area contributed by atoms with E-state index in [1.807, 2.05) is 23.6 Å². The van der Waals surface area contributed by atoms with Gasteiger partial charge in [-0.3, -0.25) is 19.3 Å². The third-order valence-corrected chi connectivity index (χ3v) is 7.42. The number of carbonyl (C=O) groups excluding carboxylic acids is 3.